The molecule has 2 aliphatic rings. The van der Waals surface area contributed by atoms with Gasteiger partial charge in [-0.05, 0) is 35.2 Å². The first kappa shape index (κ1) is 19.8. The van der Waals surface area contributed by atoms with Crippen molar-refractivity contribution in [3.05, 3.63) is 44.8 Å². The first-order chi connectivity index (χ1) is 11.5. The highest BCUT2D eigenvalue weighted by Crippen LogP contribution is 2.45. The Hall–Kier alpha value is 0.01000. The lowest BCUT2D eigenvalue weighted by Crippen LogP contribution is -3.00. The lowest BCUT2D eigenvalue weighted by atomic mass is 9.76. The smallest absolute Gasteiger partial charge is 0.133 e. The van der Waals surface area contributed by atoms with Crippen LogP contribution < -0.4 is 24.0 Å². The predicted octanol–water partition coefficient (Wildman–Crippen LogP) is 0.693. The zero-order valence-electron chi connectivity index (χ0n) is 14.7. The van der Waals surface area contributed by atoms with Gasteiger partial charge in [-0.2, -0.15) is 0 Å². The maximum Gasteiger partial charge on any atom is 0.133 e. The van der Waals surface area contributed by atoms with Gasteiger partial charge in [0.1, 0.15) is 17.7 Å². The van der Waals surface area contributed by atoms with Crippen LogP contribution in [0.5, 0.6) is 0 Å². The number of morpholine rings is 1. The lowest BCUT2D eigenvalue weighted by molar-refractivity contribution is -0.953. The molecule has 0 saturated carbocycles. The minimum atomic E-state index is -0.837. The Morgan fingerprint density at radius 3 is 2.04 bits per heavy atom. The molecule has 2 saturated heterocycles. The van der Waals surface area contributed by atoms with E-state index in [1.807, 2.05) is 12.1 Å². The Balaban J connectivity index is 0.00000182. The monoisotopic (exact) mass is 491 g/mol. The Labute approximate surface area is 175 Å². The van der Waals surface area contributed by atoms with E-state index in [0.717, 1.165) is 46.7 Å². The van der Waals surface area contributed by atoms with Crippen molar-refractivity contribution in [1.29, 1.82) is 0 Å². The van der Waals surface area contributed by atoms with E-state index in [1.165, 1.54) is 0 Å². The molecule has 1 unspecified atom stereocenters. The molecule has 4 heterocycles. The van der Waals surface area contributed by atoms with Crippen LogP contribution in [0.4, 0.5) is 0 Å². The number of thiophene rings is 2. The molecule has 2 fully saturated rings. The second-order valence-corrected chi connectivity index (χ2v) is 9.73. The van der Waals surface area contributed by atoms with Crippen molar-refractivity contribution in [1.82, 2.24) is 0 Å². The SMILES string of the molecule is C[N+]1(C)[C@@H]2COC[C@H]1CC(CC(O)(c1cccs1)c1cccs1)C2.[I-]. The van der Waals surface area contributed by atoms with Gasteiger partial charge in [-0.1, -0.05) is 12.1 Å². The highest BCUT2D eigenvalue weighted by atomic mass is 127. The molecule has 0 aliphatic carbocycles. The van der Waals surface area contributed by atoms with Crippen LogP contribution in [0, 0.1) is 5.92 Å². The van der Waals surface area contributed by atoms with Crippen LogP contribution in [-0.4, -0.2) is 49.0 Å². The zero-order chi connectivity index (χ0) is 16.8. The Morgan fingerprint density at radius 2 is 1.60 bits per heavy atom. The number of nitrogens with zero attached hydrogens (tertiary/aromatic N) is 1. The number of piperidine rings is 1. The highest BCUT2D eigenvalue weighted by Gasteiger charge is 2.49. The molecule has 138 valence electrons. The molecule has 2 aromatic heterocycles. The third-order valence-electron chi connectivity index (χ3n) is 6.16. The van der Waals surface area contributed by atoms with E-state index in [1.54, 1.807) is 22.7 Å². The molecule has 6 heteroatoms. The Kier molecular flexibility index (Phi) is 5.98. The van der Waals surface area contributed by atoms with Gasteiger partial charge in [0.15, 0.2) is 0 Å². The predicted molar refractivity (Wildman–Crippen MR) is 99.5 cm³/mol. The number of fused-ring (bicyclic) bond motifs is 2. The number of aliphatic hydroxyl groups is 1. The molecule has 2 bridgehead atoms. The fraction of sp³-hybridized carbons (Fsp3) is 0.579. The normalized spacial score (nSPS) is 28.4. The topological polar surface area (TPSA) is 29.5 Å². The third kappa shape index (κ3) is 3.58. The molecule has 0 radical (unpaired) electrons. The highest BCUT2D eigenvalue weighted by molar-refractivity contribution is 7.11. The summed E-state index contributed by atoms with van der Waals surface area (Å²) in [7, 11) is 4.69. The minimum Gasteiger partial charge on any atom is -1.00 e. The van der Waals surface area contributed by atoms with Gasteiger partial charge in [0.05, 0.1) is 27.3 Å². The van der Waals surface area contributed by atoms with Crippen molar-refractivity contribution in [2.24, 2.45) is 5.92 Å². The Morgan fingerprint density at radius 1 is 1.08 bits per heavy atom. The summed E-state index contributed by atoms with van der Waals surface area (Å²) < 4.78 is 6.90. The molecule has 2 aromatic rings. The van der Waals surface area contributed by atoms with E-state index >= 15 is 0 Å². The summed E-state index contributed by atoms with van der Waals surface area (Å²) >= 11 is 3.33. The maximum atomic E-state index is 11.7. The van der Waals surface area contributed by atoms with Crippen LogP contribution in [0.3, 0.4) is 0 Å². The summed E-state index contributed by atoms with van der Waals surface area (Å²) in [5, 5.41) is 15.8. The van der Waals surface area contributed by atoms with Gasteiger partial charge in [0.25, 0.3) is 0 Å². The molecule has 2 aliphatic heterocycles. The minimum absolute atomic E-state index is 0. The van der Waals surface area contributed by atoms with Crippen molar-refractivity contribution in [3.63, 3.8) is 0 Å². The van der Waals surface area contributed by atoms with Crippen LogP contribution in [0.2, 0.25) is 0 Å². The van der Waals surface area contributed by atoms with Gasteiger partial charge in [-0.15, -0.1) is 22.7 Å². The maximum absolute atomic E-state index is 11.7. The average molecular weight is 491 g/mol. The lowest BCUT2D eigenvalue weighted by Gasteiger charge is -2.53. The molecule has 25 heavy (non-hydrogen) atoms. The summed E-state index contributed by atoms with van der Waals surface area (Å²) in [5.74, 6) is 0.546. The van der Waals surface area contributed by atoms with Gasteiger partial charge in [0, 0.05) is 22.6 Å². The molecule has 3 nitrogen and oxygen atoms in total. The zero-order valence-corrected chi connectivity index (χ0v) is 18.5. The van der Waals surface area contributed by atoms with Crippen molar-refractivity contribution < 1.29 is 38.3 Å². The number of ether oxygens (including phenoxy) is 1. The summed E-state index contributed by atoms with van der Waals surface area (Å²) in [6.45, 7) is 1.72. The van der Waals surface area contributed by atoms with Gasteiger partial charge in [-0.25, -0.2) is 0 Å². The van der Waals surface area contributed by atoms with E-state index in [9.17, 15) is 5.11 Å². The fourth-order valence-electron chi connectivity index (χ4n) is 4.50. The van der Waals surface area contributed by atoms with Crippen molar-refractivity contribution in [2.45, 2.75) is 36.9 Å². The molecule has 1 N–H and O–H groups in total. The number of hydrogen-bond donors (Lipinski definition) is 1. The molecule has 0 amide bonds. The van der Waals surface area contributed by atoms with Gasteiger partial charge in [0.2, 0.25) is 0 Å². The largest absolute Gasteiger partial charge is 1.00 e. The van der Waals surface area contributed by atoms with Gasteiger partial charge >= 0.3 is 0 Å². The van der Waals surface area contributed by atoms with Crippen molar-refractivity contribution in [3.8, 4) is 0 Å². The molecule has 4 rings (SSSR count). The van der Waals surface area contributed by atoms with Gasteiger partial charge < -0.3 is 38.3 Å². The molecule has 3 atom stereocenters. The van der Waals surface area contributed by atoms with E-state index in [-0.39, 0.29) is 24.0 Å². The number of quaternary nitrogens is 1. The summed E-state index contributed by atoms with van der Waals surface area (Å²) in [5.41, 5.74) is -0.837. The quantitative estimate of drug-likeness (QED) is 0.504. The Bertz CT molecular complexity index is 621. The number of hydrogen-bond acceptors (Lipinski definition) is 4. The first-order valence-corrected chi connectivity index (χ1v) is 10.5. The van der Waals surface area contributed by atoms with Crippen molar-refractivity contribution >= 4 is 22.7 Å². The second-order valence-electron chi connectivity index (χ2n) is 7.83. The van der Waals surface area contributed by atoms with E-state index in [0.29, 0.717) is 18.0 Å². The third-order valence-corrected chi connectivity index (χ3v) is 8.20. The van der Waals surface area contributed by atoms with Crippen LogP contribution >= 0.6 is 22.7 Å². The number of halogens is 1. The van der Waals surface area contributed by atoms with Crippen molar-refractivity contribution in [2.75, 3.05) is 27.3 Å². The standard InChI is InChI=1S/C19H26NO2S2.HI/c1-20(2)15-9-14(10-16(20)13-22-12-15)11-19(21,17-5-3-7-23-17)18-6-4-8-24-18;/h3-8,14-16,21H,9-13H2,1-2H3;1H/q+1;/p-1/t14?,15-,16+;. The van der Waals surface area contributed by atoms with Crippen LogP contribution in [-0.2, 0) is 10.3 Å². The fourth-order valence-corrected chi connectivity index (χ4v) is 6.27. The van der Waals surface area contributed by atoms with E-state index in [4.69, 9.17) is 4.74 Å². The summed E-state index contributed by atoms with van der Waals surface area (Å²) in [6, 6.07) is 9.36. The number of rotatable bonds is 4. The van der Waals surface area contributed by atoms with Crippen LogP contribution in [0.15, 0.2) is 35.0 Å². The van der Waals surface area contributed by atoms with Gasteiger partial charge in [-0.3, -0.25) is 0 Å². The summed E-state index contributed by atoms with van der Waals surface area (Å²) in [6.07, 6.45) is 3.10. The first-order valence-electron chi connectivity index (χ1n) is 8.71. The van der Waals surface area contributed by atoms with E-state index in [2.05, 4.69) is 37.0 Å². The average Bonchev–Trinajstić information content (AvgIpc) is 3.22. The van der Waals surface area contributed by atoms with Crippen LogP contribution in [0.1, 0.15) is 29.0 Å². The second kappa shape index (κ2) is 7.56. The molecular weight excluding hydrogens is 465 g/mol. The van der Waals surface area contributed by atoms with Crippen LogP contribution in [0.25, 0.3) is 0 Å². The molecular formula is C19H26INO2S2. The van der Waals surface area contributed by atoms with E-state index < -0.39 is 5.60 Å². The molecule has 0 spiro atoms. The number of likely N-dealkylation sites (N-methyl/N-ethyl adjacent to an activating group) is 1. The summed E-state index contributed by atoms with van der Waals surface area (Å²) in [4.78, 5) is 2.15. The molecule has 0 aromatic carbocycles.